The zero-order valence-electron chi connectivity index (χ0n) is 15.2. The molecule has 136 valence electrons. The summed E-state index contributed by atoms with van der Waals surface area (Å²) in [6.45, 7) is 7.51. The molecule has 1 aromatic carbocycles. The third kappa shape index (κ3) is 3.27. The number of rotatable bonds is 4. The molecular weight excluding hydrogens is 336 g/mol. The molecule has 2 aliphatic rings. The van der Waals surface area contributed by atoms with Crippen molar-refractivity contribution in [3.63, 3.8) is 0 Å². The molecule has 0 saturated carbocycles. The highest BCUT2D eigenvalue weighted by atomic mass is 35.5. The molecule has 0 unspecified atom stereocenters. The van der Waals surface area contributed by atoms with Crippen LogP contribution in [0.3, 0.4) is 0 Å². The molecule has 25 heavy (non-hydrogen) atoms. The van der Waals surface area contributed by atoms with Crippen molar-refractivity contribution in [2.75, 3.05) is 31.6 Å². The standard InChI is InChI=1S/C19H26N4O.ClH/c1-4-7-17-20-21-19(24-17)23-11-14-10-22(3)18(16(14)12-23)15-9-6-5-8-13(15)2;/h5-6,8-9,14,16,18H,4,7,10-12H2,1-3H3;1H/t14-,16+,18-;/m0./s1. The largest absolute Gasteiger partial charge is 0.408 e. The van der Waals surface area contributed by atoms with E-state index in [0.29, 0.717) is 23.9 Å². The van der Waals surface area contributed by atoms with Gasteiger partial charge in [-0.25, -0.2) is 0 Å². The lowest BCUT2D eigenvalue weighted by Gasteiger charge is -2.27. The maximum absolute atomic E-state index is 5.85. The summed E-state index contributed by atoms with van der Waals surface area (Å²) >= 11 is 0. The van der Waals surface area contributed by atoms with Crippen molar-refractivity contribution < 1.29 is 4.42 Å². The Kier molecular flexibility index (Phi) is 5.35. The quantitative estimate of drug-likeness (QED) is 0.833. The molecule has 0 bridgehead atoms. The molecule has 2 aliphatic heterocycles. The molecule has 4 rings (SSSR count). The smallest absolute Gasteiger partial charge is 0.318 e. The molecule has 5 nitrogen and oxygen atoms in total. The van der Waals surface area contributed by atoms with Crippen molar-refractivity contribution in [2.45, 2.75) is 32.7 Å². The molecule has 0 spiro atoms. The van der Waals surface area contributed by atoms with Crippen molar-refractivity contribution >= 4 is 18.4 Å². The van der Waals surface area contributed by atoms with Gasteiger partial charge in [-0.2, -0.15) is 0 Å². The summed E-state index contributed by atoms with van der Waals surface area (Å²) in [7, 11) is 2.26. The topological polar surface area (TPSA) is 45.4 Å². The van der Waals surface area contributed by atoms with Crippen LogP contribution in [0.4, 0.5) is 6.01 Å². The highest BCUT2D eigenvalue weighted by Gasteiger charge is 2.47. The molecule has 1 aromatic heterocycles. The Morgan fingerprint density at radius 2 is 1.96 bits per heavy atom. The lowest BCUT2D eigenvalue weighted by Crippen LogP contribution is -2.29. The summed E-state index contributed by atoms with van der Waals surface area (Å²) in [6, 6.07) is 9.98. The van der Waals surface area contributed by atoms with Gasteiger partial charge >= 0.3 is 6.01 Å². The monoisotopic (exact) mass is 362 g/mol. The van der Waals surface area contributed by atoms with Gasteiger partial charge in [-0.3, -0.25) is 4.90 Å². The van der Waals surface area contributed by atoms with Crippen molar-refractivity contribution in [3.8, 4) is 0 Å². The average molecular weight is 363 g/mol. The van der Waals surface area contributed by atoms with Gasteiger partial charge in [0.05, 0.1) is 0 Å². The second-order valence-corrected chi connectivity index (χ2v) is 7.30. The number of halogens is 1. The van der Waals surface area contributed by atoms with Gasteiger partial charge in [0.25, 0.3) is 0 Å². The molecule has 2 aromatic rings. The van der Waals surface area contributed by atoms with Crippen LogP contribution >= 0.6 is 12.4 Å². The zero-order valence-corrected chi connectivity index (χ0v) is 16.0. The molecule has 0 N–H and O–H groups in total. The van der Waals surface area contributed by atoms with Crippen molar-refractivity contribution in [3.05, 3.63) is 41.3 Å². The van der Waals surface area contributed by atoms with Crippen LogP contribution in [0.25, 0.3) is 0 Å². The number of benzene rings is 1. The molecular formula is C19H27ClN4O. The zero-order chi connectivity index (χ0) is 16.7. The highest BCUT2D eigenvalue weighted by molar-refractivity contribution is 5.85. The Morgan fingerprint density at radius 3 is 2.72 bits per heavy atom. The van der Waals surface area contributed by atoms with E-state index in [2.05, 4.69) is 65.2 Å². The second kappa shape index (κ2) is 7.34. The summed E-state index contributed by atoms with van der Waals surface area (Å²) in [6.07, 6.45) is 1.90. The number of likely N-dealkylation sites (tertiary alicyclic amines) is 1. The summed E-state index contributed by atoms with van der Waals surface area (Å²) < 4.78 is 5.85. The van der Waals surface area contributed by atoms with E-state index >= 15 is 0 Å². The minimum atomic E-state index is 0. The van der Waals surface area contributed by atoms with Crippen LogP contribution < -0.4 is 4.90 Å². The Hall–Kier alpha value is -1.59. The van der Waals surface area contributed by atoms with E-state index in [1.54, 1.807) is 0 Å². The predicted molar refractivity (Wildman–Crippen MR) is 101 cm³/mol. The first kappa shape index (κ1) is 18.2. The van der Waals surface area contributed by atoms with Gasteiger partial charge in [0.1, 0.15) is 0 Å². The van der Waals surface area contributed by atoms with Crippen LogP contribution in [-0.4, -0.2) is 41.8 Å². The molecule has 6 heteroatoms. The van der Waals surface area contributed by atoms with Gasteiger partial charge in [0.2, 0.25) is 5.89 Å². The summed E-state index contributed by atoms with van der Waals surface area (Å²) in [4.78, 5) is 4.81. The predicted octanol–water partition coefficient (Wildman–Crippen LogP) is 3.49. The molecule has 3 heterocycles. The molecule has 0 aliphatic carbocycles. The Morgan fingerprint density at radius 1 is 1.16 bits per heavy atom. The van der Waals surface area contributed by atoms with Crippen LogP contribution in [-0.2, 0) is 6.42 Å². The van der Waals surface area contributed by atoms with E-state index in [4.69, 9.17) is 4.42 Å². The summed E-state index contributed by atoms with van der Waals surface area (Å²) in [5.41, 5.74) is 2.85. The Bertz CT molecular complexity index is 719. The van der Waals surface area contributed by atoms with E-state index in [1.165, 1.54) is 11.1 Å². The van der Waals surface area contributed by atoms with Crippen molar-refractivity contribution in [1.82, 2.24) is 15.1 Å². The normalized spacial score (nSPS) is 25.9. The van der Waals surface area contributed by atoms with E-state index in [0.717, 1.165) is 38.4 Å². The van der Waals surface area contributed by atoms with Gasteiger partial charge in [-0.15, -0.1) is 17.5 Å². The maximum atomic E-state index is 5.85. The molecule has 3 atom stereocenters. The Balaban J connectivity index is 0.00000182. The molecule has 2 fully saturated rings. The SMILES string of the molecule is CCCc1nnc(N2C[C@@H]3CN(C)[C@@H](c4ccccc4C)[C@@H]3C2)o1.Cl. The van der Waals surface area contributed by atoms with Gasteiger partial charge in [-0.05, 0) is 37.4 Å². The molecule has 0 radical (unpaired) electrons. The van der Waals surface area contributed by atoms with Crippen LogP contribution in [0.1, 0.15) is 36.4 Å². The first-order chi connectivity index (χ1) is 11.7. The minimum Gasteiger partial charge on any atom is -0.408 e. The third-order valence-electron chi connectivity index (χ3n) is 5.59. The number of aryl methyl sites for hydroxylation is 2. The number of hydrogen-bond acceptors (Lipinski definition) is 5. The van der Waals surface area contributed by atoms with Gasteiger partial charge in [0, 0.05) is 38.0 Å². The third-order valence-corrected chi connectivity index (χ3v) is 5.59. The summed E-state index contributed by atoms with van der Waals surface area (Å²) in [5.74, 6) is 2.05. The van der Waals surface area contributed by atoms with Crippen molar-refractivity contribution in [1.29, 1.82) is 0 Å². The van der Waals surface area contributed by atoms with Crippen LogP contribution in [0.5, 0.6) is 0 Å². The fraction of sp³-hybridized carbons (Fsp3) is 0.579. The maximum Gasteiger partial charge on any atom is 0.318 e. The summed E-state index contributed by atoms with van der Waals surface area (Å²) in [5, 5.41) is 8.46. The van der Waals surface area contributed by atoms with E-state index in [1.807, 2.05) is 0 Å². The fourth-order valence-corrected chi connectivity index (χ4v) is 4.49. The number of anilines is 1. The lowest BCUT2D eigenvalue weighted by atomic mass is 9.88. The molecule has 2 saturated heterocycles. The number of hydrogen-bond donors (Lipinski definition) is 0. The average Bonchev–Trinajstić information content (AvgIpc) is 3.23. The number of aromatic nitrogens is 2. The van der Waals surface area contributed by atoms with Crippen LogP contribution in [0, 0.1) is 18.8 Å². The van der Waals surface area contributed by atoms with E-state index < -0.39 is 0 Å². The first-order valence-corrected chi connectivity index (χ1v) is 9.00. The Labute approximate surface area is 155 Å². The van der Waals surface area contributed by atoms with Gasteiger partial charge in [0.15, 0.2) is 0 Å². The van der Waals surface area contributed by atoms with Crippen molar-refractivity contribution in [2.24, 2.45) is 11.8 Å². The van der Waals surface area contributed by atoms with Crippen LogP contribution in [0.2, 0.25) is 0 Å². The molecule has 0 amide bonds. The highest BCUT2D eigenvalue weighted by Crippen LogP contribution is 2.45. The van der Waals surface area contributed by atoms with Crippen LogP contribution in [0.15, 0.2) is 28.7 Å². The minimum absolute atomic E-state index is 0. The lowest BCUT2D eigenvalue weighted by molar-refractivity contribution is 0.277. The van der Waals surface area contributed by atoms with Gasteiger partial charge < -0.3 is 9.32 Å². The number of fused-ring (bicyclic) bond motifs is 1. The second-order valence-electron chi connectivity index (χ2n) is 7.30. The van der Waals surface area contributed by atoms with E-state index in [9.17, 15) is 0 Å². The number of nitrogens with zero attached hydrogens (tertiary/aromatic N) is 4. The fourth-order valence-electron chi connectivity index (χ4n) is 4.49. The van der Waals surface area contributed by atoms with E-state index in [-0.39, 0.29) is 12.4 Å². The van der Waals surface area contributed by atoms with Gasteiger partial charge in [-0.1, -0.05) is 36.3 Å². The first-order valence-electron chi connectivity index (χ1n) is 9.00.